The van der Waals surface area contributed by atoms with Gasteiger partial charge in [0.25, 0.3) is 0 Å². The molecular formula is C21H38N4O. The highest BCUT2D eigenvalue weighted by molar-refractivity contribution is 5.76. The van der Waals surface area contributed by atoms with Gasteiger partial charge in [0.2, 0.25) is 5.91 Å². The fourth-order valence-corrected chi connectivity index (χ4v) is 3.87. The first-order valence-corrected chi connectivity index (χ1v) is 10.3. The Morgan fingerprint density at radius 3 is 2.46 bits per heavy atom. The van der Waals surface area contributed by atoms with E-state index in [0.717, 1.165) is 38.3 Å². The maximum absolute atomic E-state index is 12.4. The number of carbonyl (C=O) groups excluding carboxylic acids is 1. The van der Waals surface area contributed by atoms with Gasteiger partial charge in [-0.15, -0.1) is 0 Å². The van der Waals surface area contributed by atoms with Crippen molar-refractivity contribution in [2.45, 2.75) is 85.7 Å². The van der Waals surface area contributed by atoms with E-state index in [1.807, 2.05) is 0 Å². The Morgan fingerprint density at radius 1 is 1.19 bits per heavy atom. The summed E-state index contributed by atoms with van der Waals surface area (Å²) < 4.78 is 2.09. The van der Waals surface area contributed by atoms with E-state index in [4.69, 9.17) is 0 Å². The Labute approximate surface area is 159 Å². The maximum Gasteiger partial charge on any atom is 0.220 e. The fourth-order valence-electron chi connectivity index (χ4n) is 3.87. The average Bonchev–Trinajstić information content (AvgIpc) is 2.85. The van der Waals surface area contributed by atoms with Crippen LogP contribution in [0.2, 0.25) is 0 Å². The molecule has 1 aromatic rings. The second-order valence-corrected chi connectivity index (χ2v) is 8.86. The molecule has 0 atom stereocenters. The molecule has 0 aromatic carbocycles. The van der Waals surface area contributed by atoms with Gasteiger partial charge in [-0.3, -0.25) is 14.4 Å². The molecule has 1 aromatic heterocycles. The molecule has 1 amide bonds. The summed E-state index contributed by atoms with van der Waals surface area (Å²) >= 11 is 0. The smallest absolute Gasteiger partial charge is 0.220 e. The van der Waals surface area contributed by atoms with Gasteiger partial charge in [-0.25, -0.2) is 0 Å². The lowest BCUT2D eigenvalue weighted by Gasteiger charge is -2.41. The van der Waals surface area contributed by atoms with E-state index in [1.54, 1.807) is 0 Å². The number of hydrogen-bond donors (Lipinski definition) is 1. The quantitative estimate of drug-likeness (QED) is 0.770. The second kappa shape index (κ2) is 9.03. The van der Waals surface area contributed by atoms with Gasteiger partial charge >= 0.3 is 0 Å². The van der Waals surface area contributed by atoms with Crippen LogP contribution in [-0.4, -0.2) is 45.8 Å². The van der Waals surface area contributed by atoms with Gasteiger partial charge in [-0.2, -0.15) is 5.10 Å². The van der Waals surface area contributed by atoms with Crippen LogP contribution in [0.25, 0.3) is 0 Å². The van der Waals surface area contributed by atoms with Crippen molar-refractivity contribution in [1.29, 1.82) is 0 Å². The predicted octanol–water partition coefficient (Wildman–Crippen LogP) is 3.47. The monoisotopic (exact) mass is 362 g/mol. The number of nitrogens with one attached hydrogen (secondary N) is 1. The van der Waals surface area contributed by atoms with E-state index in [-0.39, 0.29) is 11.4 Å². The Bertz CT molecular complexity index is 597. The number of carbonyl (C=O) groups is 1. The van der Waals surface area contributed by atoms with Gasteiger partial charge in [0.15, 0.2) is 0 Å². The van der Waals surface area contributed by atoms with E-state index >= 15 is 0 Å². The molecule has 1 aliphatic heterocycles. The van der Waals surface area contributed by atoms with E-state index in [1.165, 1.54) is 30.5 Å². The van der Waals surface area contributed by atoms with Crippen molar-refractivity contribution in [3.8, 4) is 0 Å². The van der Waals surface area contributed by atoms with Gasteiger partial charge < -0.3 is 5.32 Å². The summed E-state index contributed by atoms with van der Waals surface area (Å²) in [6.45, 7) is 17.0. The molecule has 0 radical (unpaired) electrons. The first-order valence-electron chi connectivity index (χ1n) is 10.3. The van der Waals surface area contributed by atoms with Gasteiger partial charge in [0, 0.05) is 30.7 Å². The van der Waals surface area contributed by atoms with Crippen LogP contribution < -0.4 is 5.32 Å². The molecule has 0 aliphatic carbocycles. The maximum atomic E-state index is 12.4. The number of amides is 1. The number of rotatable bonds is 8. The van der Waals surface area contributed by atoms with Crippen molar-refractivity contribution in [3.63, 3.8) is 0 Å². The average molecular weight is 363 g/mol. The molecule has 26 heavy (non-hydrogen) atoms. The topological polar surface area (TPSA) is 50.2 Å². The van der Waals surface area contributed by atoms with Crippen molar-refractivity contribution in [1.82, 2.24) is 20.0 Å². The van der Waals surface area contributed by atoms with Crippen LogP contribution in [0.15, 0.2) is 0 Å². The first kappa shape index (κ1) is 20.9. The first-order chi connectivity index (χ1) is 12.2. The standard InChI is InChI=1S/C21H38N4O/c1-16(2)14-25-18(4)19(17(3)23-25)10-11-20(26)22-15-21(5,6)24-12-8-7-9-13-24/h16H,7-15H2,1-6H3,(H,22,26). The van der Waals surface area contributed by atoms with Gasteiger partial charge in [-0.1, -0.05) is 20.3 Å². The third-order valence-electron chi connectivity index (χ3n) is 5.60. The minimum Gasteiger partial charge on any atom is -0.354 e. The molecule has 2 rings (SSSR count). The van der Waals surface area contributed by atoms with Crippen LogP contribution in [0.4, 0.5) is 0 Å². The summed E-state index contributed by atoms with van der Waals surface area (Å²) in [7, 11) is 0. The van der Waals surface area contributed by atoms with Crippen LogP contribution in [-0.2, 0) is 17.8 Å². The minimum absolute atomic E-state index is 0.0318. The Balaban J connectivity index is 1.84. The van der Waals surface area contributed by atoms with Crippen LogP contribution in [0, 0.1) is 19.8 Å². The highest BCUT2D eigenvalue weighted by atomic mass is 16.1. The molecule has 1 fully saturated rings. The van der Waals surface area contributed by atoms with Crippen LogP contribution in [0.1, 0.15) is 70.3 Å². The largest absolute Gasteiger partial charge is 0.354 e. The lowest BCUT2D eigenvalue weighted by molar-refractivity contribution is -0.121. The summed E-state index contributed by atoms with van der Waals surface area (Å²) in [5.74, 6) is 0.715. The molecule has 5 nitrogen and oxygen atoms in total. The molecule has 1 aliphatic rings. The molecule has 1 N–H and O–H groups in total. The normalized spacial score (nSPS) is 16.3. The Morgan fingerprint density at radius 2 is 1.85 bits per heavy atom. The second-order valence-electron chi connectivity index (χ2n) is 8.86. The van der Waals surface area contributed by atoms with Gasteiger partial charge in [0.05, 0.1) is 5.69 Å². The minimum atomic E-state index is 0.0318. The SMILES string of the molecule is Cc1nn(CC(C)C)c(C)c1CCC(=O)NCC(C)(C)N1CCCCC1. The van der Waals surface area contributed by atoms with Gasteiger partial charge in [-0.05, 0) is 71.5 Å². The lowest BCUT2D eigenvalue weighted by atomic mass is 9.98. The number of piperidine rings is 1. The Kier molecular flexibility index (Phi) is 7.27. The summed E-state index contributed by atoms with van der Waals surface area (Å²) in [5.41, 5.74) is 3.53. The van der Waals surface area contributed by atoms with Crippen LogP contribution in [0.5, 0.6) is 0 Å². The third kappa shape index (κ3) is 5.57. The molecular weight excluding hydrogens is 324 g/mol. The Hall–Kier alpha value is -1.36. The number of aromatic nitrogens is 2. The van der Waals surface area contributed by atoms with Crippen LogP contribution >= 0.6 is 0 Å². The number of nitrogens with zero attached hydrogens (tertiary/aromatic N) is 3. The zero-order chi connectivity index (χ0) is 19.3. The molecule has 0 bridgehead atoms. The van der Waals surface area contributed by atoms with Crippen molar-refractivity contribution in [2.24, 2.45) is 5.92 Å². The van der Waals surface area contributed by atoms with Crippen molar-refractivity contribution in [3.05, 3.63) is 17.0 Å². The highest BCUT2D eigenvalue weighted by Gasteiger charge is 2.28. The molecule has 0 saturated carbocycles. The van der Waals surface area contributed by atoms with E-state index in [0.29, 0.717) is 12.3 Å². The third-order valence-corrected chi connectivity index (χ3v) is 5.60. The molecule has 0 unspecified atom stereocenters. The van der Waals surface area contributed by atoms with E-state index in [2.05, 4.69) is 61.5 Å². The van der Waals surface area contributed by atoms with Gasteiger partial charge in [0.1, 0.15) is 0 Å². The summed E-state index contributed by atoms with van der Waals surface area (Å²) in [4.78, 5) is 14.9. The summed E-state index contributed by atoms with van der Waals surface area (Å²) in [6, 6.07) is 0. The summed E-state index contributed by atoms with van der Waals surface area (Å²) in [5, 5.41) is 7.81. The molecule has 0 spiro atoms. The zero-order valence-electron chi connectivity index (χ0n) is 17.7. The van der Waals surface area contributed by atoms with E-state index < -0.39 is 0 Å². The zero-order valence-corrected chi connectivity index (χ0v) is 17.7. The molecule has 148 valence electrons. The predicted molar refractivity (Wildman–Crippen MR) is 107 cm³/mol. The van der Waals surface area contributed by atoms with Crippen molar-refractivity contribution < 1.29 is 4.79 Å². The number of aryl methyl sites for hydroxylation is 1. The molecule has 5 heteroatoms. The number of likely N-dealkylation sites (tertiary alicyclic amines) is 1. The van der Waals surface area contributed by atoms with E-state index in [9.17, 15) is 4.79 Å². The highest BCUT2D eigenvalue weighted by Crippen LogP contribution is 2.20. The van der Waals surface area contributed by atoms with Crippen molar-refractivity contribution >= 4 is 5.91 Å². The van der Waals surface area contributed by atoms with Crippen LogP contribution in [0.3, 0.4) is 0 Å². The molecule has 1 saturated heterocycles. The lowest BCUT2D eigenvalue weighted by Crippen LogP contribution is -2.53. The number of hydrogen-bond acceptors (Lipinski definition) is 3. The fraction of sp³-hybridized carbons (Fsp3) is 0.810. The summed E-state index contributed by atoms with van der Waals surface area (Å²) in [6.07, 6.45) is 5.19. The molecule has 2 heterocycles. The van der Waals surface area contributed by atoms with Crippen molar-refractivity contribution in [2.75, 3.05) is 19.6 Å².